The van der Waals surface area contributed by atoms with Gasteiger partial charge in [-0.05, 0) is 134 Å². The van der Waals surface area contributed by atoms with Crippen molar-refractivity contribution in [3.8, 4) is 0 Å². The van der Waals surface area contributed by atoms with E-state index in [0.717, 1.165) is 77.0 Å². The average Bonchev–Trinajstić information content (AvgIpc) is 3.85. The minimum atomic E-state index is -0.263. The monoisotopic (exact) mass is 602 g/mol. The van der Waals surface area contributed by atoms with E-state index in [4.69, 9.17) is 9.47 Å². The maximum Gasteiger partial charge on any atom is 0.407 e. The Morgan fingerprint density at radius 2 is 1.11 bits per heavy atom. The van der Waals surface area contributed by atoms with E-state index >= 15 is 0 Å². The molecule has 0 radical (unpaired) electrons. The topological polar surface area (TPSA) is 117 Å². The Balaban J connectivity index is 0.000000142. The van der Waals surface area contributed by atoms with Gasteiger partial charge in [-0.15, -0.1) is 0 Å². The molecule has 2 aliphatic heterocycles. The SMILES string of the molecule is O=C1N[C@@]2(CC[C@H](c3ccc4c(c3)CC[C@@H](CO)C4)C2)CO1.O=C1N[C@@]2(CC[C@H](c3ccc4c(c3)CC[C@H](CO)C4)C2)CO1. The van der Waals surface area contributed by atoms with Crippen molar-refractivity contribution < 1.29 is 29.3 Å². The molecule has 44 heavy (non-hydrogen) atoms. The number of aliphatic hydroxyl groups excluding tert-OH is 2. The summed E-state index contributed by atoms with van der Waals surface area (Å²) in [5.41, 5.74) is 8.26. The number of rotatable bonds is 4. The first kappa shape index (κ1) is 29.6. The molecule has 6 aliphatic rings. The molecule has 2 aromatic carbocycles. The van der Waals surface area contributed by atoms with Crippen LogP contribution in [0.25, 0.3) is 0 Å². The third-order valence-electron chi connectivity index (χ3n) is 11.5. The van der Waals surface area contributed by atoms with Crippen LogP contribution in [0.5, 0.6) is 0 Å². The second kappa shape index (κ2) is 12.0. The number of amides is 2. The third kappa shape index (κ3) is 5.95. The number of fused-ring (bicyclic) bond motifs is 2. The van der Waals surface area contributed by atoms with Gasteiger partial charge in [-0.2, -0.15) is 0 Å². The highest BCUT2D eigenvalue weighted by Gasteiger charge is 2.47. The van der Waals surface area contributed by atoms with Gasteiger partial charge in [0.15, 0.2) is 0 Å². The number of ether oxygens (including phenoxy) is 2. The smallest absolute Gasteiger partial charge is 0.407 e. The molecule has 2 aromatic rings. The number of carbonyl (C=O) groups is 2. The summed E-state index contributed by atoms with van der Waals surface area (Å²) in [5.74, 6) is 1.89. The van der Waals surface area contributed by atoms with E-state index in [-0.39, 0.29) is 23.3 Å². The molecule has 8 rings (SSSR count). The molecule has 2 heterocycles. The van der Waals surface area contributed by atoms with E-state index < -0.39 is 0 Å². The van der Waals surface area contributed by atoms with Crippen molar-refractivity contribution in [3.63, 3.8) is 0 Å². The molecule has 2 amide bonds. The molecule has 0 bridgehead atoms. The highest BCUT2D eigenvalue weighted by atomic mass is 16.6. The van der Waals surface area contributed by atoms with Crippen LogP contribution in [0.4, 0.5) is 9.59 Å². The molecule has 0 unspecified atom stereocenters. The second-order valence-corrected chi connectivity index (χ2v) is 14.5. The second-order valence-electron chi connectivity index (χ2n) is 14.5. The largest absolute Gasteiger partial charge is 0.447 e. The predicted molar refractivity (Wildman–Crippen MR) is 166 cm³/mol. The van der Waals surface area contributed by atoms with Gasteiger partial charge in [0.2, 0.25) is 0 Å². The van der Waals surface area contributed by atoms with Crippen LogP contribution in [0.3, 0.4) is 0 Å². The van der Waals surface area contributed by atoms with Crippen molar-refractivity contribution in [1.29, 1.82) is 0 Å². The Kier molecular flexibility index (Phi) is 8.08. The molecule has 2 saturated carbocycles. The van der Waals surface area contributed by atoms with Gasteiger partial charge < -0.3 is 30.3 Å². The lowest BCUT2D eigenvalue weighted by molar-refractivity contribution is 0.171. The molecule has 236 valence electrons. The zero-order valence-electron chi connectivity index (χ0n) is 25.6. The van der Waals surface area contributed by atoms with Crippen LogP contribution in [-0.2, 0) is 35.2 Å². The summed E-state index contributed by atoms with van der Waals surface area (Å²) in [6, 6.07) is 13.7. The first-order valence-corrected chi connectivity index (χ1v) is 16.7. The van der Waals surface area contributed by atoms with Gasteiger partial charge in [0.25, 0.3) is 0 Å². The Hall–Kier alpha value is -3.10. The van der Waals surface area contributed by atoms with Crippen molar-refractivity contribution in [3.05, 3.63) is 69.8 Å². The van der Waals surface area contributed by atoms with Crippen LogP contribution < -0.4 is 10.6 Å². The number of nitrogens with one attached hydrogen (secondary N) is 2. The highest BCUT2D eigenvalue weighted by Crippen LogP contribution is 2.45. The fourth-order valence-electron chi connectivity index (χ4n) is 8.82. The van der Waals surface area contributed by atoms with Crippen LogP contribution in [0.1, 0.15) is 96.6 Å². The third-order valence-corrected chi connectivity index (χ3v) is 11.5. The standard InChI is InChI=1S/2C18H23NO3/c2*20-10-12-1-2-14-8-15(4-3-13(14)7-12)16-5-6-18(9-16)11-22-17(21)19-18/h2*3-4,8,12,16,20H,1-2,5-7,9-11H2,(H,19,21)/t12-,16+,18-;12-,16-,18+/m10/s1. The fraction of sp³-hybridized carbons (Fsp3) is 0.611. The summed E-state index contributed by atoms with van der Waals surface area (Å²) in [4.78, 5) is 22.7. The summed E-state index contributed by atoms with van der Waals surface area (Å²) in [6.07, 6.45) is 12.0. The molecule has 4 fully saturated rings. The van der Waals surface area contributed by atoms with Crippen molar-refractivity contribution in [2.75, 3.05) is 26.4 Å². The maximum atomic E-state index is 11.3. The minimum absolute atomic E-state index is 0.125. The fourth-order valence-corrected chi connectivity index (χ4v) is 8.82. The van der Waals surface area contributed by atoms with Crippen LogP contribution in [0.2, 0.25) is 0 Å². The Morgan fingerprint density at radius 3 is 1.50 bits per heavy atom. The molecule has 4 aliphatic carbocycles. The molecule has 6 atom stereocenters. The Labute approximate surface area is 259 Å². The van der Waals surface area contributed by atoms with E-state index in [1.165, 1.54) is 33.4 Å². The van der Waals surface area contributed by atoms with Crippen molar-refractivity contribution >= 4 is 12.2 Å². The lowest BCUT2D eigenvalue weighted by Gasteiger charge is -2.25. The van der Waals surface area contributed by atoms with Crippen molar-refractivity contribution in [2.45, 2.75) is 100.0 Å². The van der Waals surface area contributed by atoms with Gasteiger partial charge in [0.1, 0.15) is 13.2 Å². The lowest BCUT2D eigenvalue weighted by atomic mass is 9.82. The minimum Gasteiger partial charge on any atom is -0.447 e. The van der Waals surface area contributed by atoms with E-state index in [1.54, 1.807) is 0 Å². The number of hydrogen-bond donors (Lipinski definition) is 4. The lowest BCUT2D eigenvalue weighted by Crippen LogP contribution is -2.40. The first-order chi connectivity index (χ1) is 21.3. The van der Waals surface area contributed by atoms with Crippen LogP contribution in [0.15, 0.2) is 36.4 Å². The summed E-state index contributed by atoms with van der Waals surface area (Å²) >= 11 is 0. The number of aryl methyl sites for hydroxylation is 2. The molecule has 4 N–H and O–H groups in total. The molecule has 2 saturated heterocycles. The normalized spacial score (nSPS) is 33.6. The summed E-state index contributed by atoms with van der Waals surface area (Å²) in [5, 5.41) is 24.7. The summed E-state index contributed by atoms with van der Waals surface area (Å²) in [6.45, 7) is 1.63. The molecule has 8 nitrogen and oxygen atoms in total. The van der Waals surface area contributed by atoms with Crippen molar-refractivity contribution in [1.82, 2.24) is 10.6 Å². The van der Waals surface area contributed by atoms with E-state index in [1.807, 2.05) is 0 Å². The predicted octanol–water partition coefficient (Wildman–Crippen LogP) is 5.06. The molecule has 8 heteroatoms. The number of hydrogen-bond acceptors (Lipinski definition) is 6. The van der Waals surface area contributed by atoms with Gasteiger partial charge >= 0.3 is 12.2 Å². The number of alkyl carbamates (subject to hydrolysis) is 2. The molecule has 2 spiro atoms. The molecular formula is C36H46N2O6. The maximum absolute atomic E-state index is 11.3. The number of benzene rings is 2. The van der Waals surface area contributed by atoms with Gasteiger partial charge in [0, 0.05) is 13.2 Å². The number of aliphatic hydroxyl groups is 2. The summed E-state index contributed by atoms with van der Waals surface area (Å²) < 4.78 is 10.2. The number of carbonyl (C=O) groups excluding carboxylic acids is 2. The molecular weight excluding hydrogens is 556 g/mol. The van der Waals surface area contributed by atoms with Crippen LogP contribution in [0, 0.1) is 11.8 Å². The Bertz CT molecular complexity index is 1310. The quantitative estimate of drug-likeness (QED) is 0.389. The zero-order valence-corrected chi connectivity index (χ0v) is 25.6. The Morgan fingerprint density at radius 1 is 0.659 bits per heavy atom. The van der Waals surface area contributed by atoms with E-state index in [0.29, 0.717) is 50.1 Å². The van der Waals surface area contributed by atoms with E-state index in [9.17, 15) is 19.8 Å². The van der Waals surface area contributed by atoms with Gasteiger partial charge in [-0.3, -0.25) is 0 Å². The van der Waals surface area contributed by atoms with Crippen LogP contribution in [-0.4, -0.2) is 59.9 Å². The van der Waals surface area contributed by atoms with Crippen LogP contribution >= 0.6 is 0 Å². The first-order valence-electron chi connectivity index (χ1n) is 16.7. The number of cyclic esters (lactones) is 2. The van der Waals surface area contributed by atoms with E-state index in [2.05, 4.69) is 47.0 Å². The highest BCUT2D eigenvalue weighted by molar-refractivity contribution is 5.71. The average molecular weight is 603 g/mol. The zero-order chi connectivity index (χ0) is 30.3. The van der Waals surface area contributed by atoms with Gasteiger partial charge in [-0.1, -0.05) is 36.4 Å². The van der Waals surface area contributed by atoms with Gasteiger partial charge in [-0.25, -0.2) is 9.59 Å². The molecule has 0 aromatic heterocycles. The summed E-state index contributed by atoms with van der Waals surface area (Å²) in [7, 11) is 0. The van der Waals surface area contributed by atoms with Crippen molar-refractivity contribution in [2.24, 2.45) is 11.8 Å². The van der Waals surface area contributed by atoms with Gasteiger partial charge in [0.05, 0.1) is 11.1 Å².